The van der Waals surface area contributed by atoms with Gasteiger partial charge in [-0.25, -0.2) is 4.68 Å². The zero-order valence-corrected chi connectivity index (χ0v) is 12.9. The standard InChI is InChI=1S/C14H29N5/c1-5-7-8-13(6-2)11-19-14(16-17-18-19)10-15-9-12(3)4/h12-13,15H,5-11H2,1-4H3. The van der Waals surface area contributed by atoms with Crippen molar-refractivity contribution >= 4 is 0 Å². The highest BCUT2D eigenvalue weighted by atomic mass is 15.5. The van der Waals surface area contributed by atoms with Gasteiger partial charge in [-0.15, -0.1) is 5.10 Å². The number of nitrogens with one attached hydrogen (secondary N) is 1. The van der Waals surface area contributed by atoms with E-state index in [1.165, 1.54) is 25.7 Å². The summed E-state index contributed by atoms with van der Waals surface area (Å²) in [7, 11) is 0. The topological polar surface area (TPSA) is 55.6 Å². The molecule has 19 heavy (non-hydrogen) atoms. The highest BCUT2D eigenvalue weighted by Crippen LogP contribution is 2.15. The van der Waals surface area contributed by atoms with E-state index in [2.05, 4.69) is 48.5 Å². The highest BCUT2D eigenvalue weighted by Gasteiger charge is 2.12. The van der Waals surface area contributed by atoms with Gasteiger partial charge in [-0.2, -0.15) is 0 Å². The molecule has 5 heteroatoms. The van der Waals surface area contributed by atoms with E-state index in [4.69, 9.17) is 0 Å². The Balaban J connectivity index is 2.46. The Kier molecular flexibility index (Phi) is 7.63. The Labute approximate surface area is 117 Å². The Bertz CT molecular complexity index is 334. The van der Waals surface area contributed by atoms with Crippen LogP contribution >= 0.6 is 0 Å². The third-order valence-corrected chi connectivity index (χ3v) is 3.42. The number of hydrogen-bond acceptors (Lipinski definition) is 4. The third-order valence-electron chi connectivity index (χ3n) is 3.42. The lowest BCUT2D eigenvalue weighted by molar-refractivity contribution is 0.358. The maximum atomic E-state index is 4.13. The molecule has 1 aromatic heterocycles. The first-order valence-electron chi connectivity index (χ1n) is 7.63. The largest absolute Gasteiger partial charge is 0.310 e. The molecule has 1 aromatic rings. The van der Waals surface area contributed by atoms with Crippen LogP contribution < -0.4 is 5.32 Å². The summed E-state index contributed by atoms with van der Waals surface area (Å²) in [5.74, 6) is 2.29. The zero-order valence-electron chi connectivity index (χ0n) is 12.9. The van der Waals surface area contributed by atoms with Crippen molar-refractivity contribution in [2.45, 2.75) is 66.5 Å². The lowest BCUT2D eigenvalue weighted by Gasteiger charge is -2.15. The Morgan fingerprint density at radius 1 is 1.26 bits per heavy atom. The molecule has 0 saturated heterocycles. The van der Waals surface area contributed by atoms with Crippen LogP contribution in [-0.4, -0.2) is 26.8 Å². The van der Waals surface area contributed by atoms with Crippen LogP contribution in [0, 0.1) is 11.8 Å². The highest BCUT2D eigenvalue weighted by molar-refractivity contribution is 4.80. The average Bonchev–Trinajstić information content (AvgIpc) is 2.81. The summed E-state index contributed by atoms with van der Waals surface area (Å²) in [5.41, 5.74) is 0. The Morgan fingerprint density at radius 2 is 2.05 bits per heavy atom. The molecule has 0 aliphatic rings. The maximum absolute atomic E-state index is 4.13. The lowest BCUT2D eigenvalue weighted by atomic mass is 9.99. The van der Waals surface area contributed by atoms with Gasteiger partial charge >= 0.3 is 0 Å². The molecular formula is C14H29N5. The van der Waals surface area contributed by atoms with Crippen LogP contribution in [0.25, 0.3) is 0 Å². The monoisotopic (exact) mass is 267 g/mol. The number of hydrogen-bond donors (Lipinski definition) is 1. The predicted molar refractivity (Wildman–Crippen MR) is 77.7 cm³/mol. The summed E-state index contributed by atoms with van der Waals surface area (Å²) in [6, 6.07) is 0. The van der Waals surface area contributed by atoms with Crippen LogP contribution in [0.5, 0.6) is 0 Å². The van der Waals surface area contributed by atoms with Crippen LogP contribution in [0.3, 0.4) is 0 Å². The van der Waals surface area contributed by atoms with Crippen molar-refractivity contribution < 1.29 is 0 Å². The summed E-state index contributed by atoms with van der Waals surface area (Å²) in [6.45, 7) is 11.6. The molecule has 1 atom stereocenters. The minimum Gasteiger partial charge on any atom is -0.310 e. The summed E-state index contributed by atoms with van der Waals surface area (Å²) >= 11 is 0. The van der Waals surface area contributed by atoms with E-state index in [-0.39, 0.29) is 0 Å². The van der Waals surface area contributed by atoms with E-state index in [1.54, 1.807) is 0 Å². The molecule has 0 aromatic carbocycles. The van der Waals surface area contributed by atoms with Crippen molar-refractivity contribution in [3.05, 3.63) is 5.82 Å². The molecule has 1 N–H and O–H groups in total. The molecule has 5 nitrogen and oxygen atoms in total. The van der Waals surface area contributed by atoms with Gasteiger partial charge in [0.1, 0.15) is 0 Å². The van der Waals surface area contributed by atoms with Crippen molar-refractivity contribution in [1.82, 2.24) is 25.5 Å². The molecule has 0 aliphatic heterocycles. The zero-order chi connectivity index (χ0) is 14.1. The number of unbranched alkanes of at least 4 members (excludes halogenated alkanes) is 1. The fourth-order valence-corrected chi connectivity index (χ4v) is 2.13. The molecule has 1 heterocycles. The molecule has 0 radical (unpaired) electrons. The van der Waals surface area contributed by atoms with Gasteiger partial charge in [-0.3, -0.25) is 0 Å². The second-order valence-electron chi connectivity index (χ2n) is 5.72. The Hall–Kier alpha value is -0.970. The molecule has 0 amide bonds. The first-order valence-corrected chi connectivity index (χ1v) is 7.63. The van der Waals surface area contributed by atoms with E-state index in [0.717, 1.165) is 25.5 Å². The first kappa shape index (κ1) is 16.1. The van der Waals surface area contributed by atoms with Crippen LogP contribution in [0.4, 0.5) is 0 Å². The smallest absolute Gasteiger partial charge is 0.165 e. The molecular weight excluding hydrogens is 238 g/mol. The quantitative estimate of drug-likeness (QED) is 0.708. The van der Waals surface area contributed by atoms with E-state index in [9.17, 15) is 0 Å². The van der Waals surface area contributed by atoms with Crippen molar-refractivity contribution in [2.75, 3.05) is 6.54 Å². The molecule has 1 unspecified atom stereocenters. The van der Waals surface area contributed by atoms with E-state index < -0.39 is 0 Å². The van der Waals surface area contributed by atoms with Gasteiger partial charge in [0, 0.05) is 6.54 Å². The van der Waals surface area contributed by atoms with Crippen LogP contribution in [0.1, 0.15) is 59.2 Å². The van der Waals surface area contributed by atoms with E-state index in [0.29, 0.717) is 11.8 Å². The fraction of sp³-hybridized carbons (Fsp3) is 0.929. The summed E-state index contributed by atoms with van der Waals surface area (Å²) in [4.78, 5) is 0. The molecule has 0 aliphatic carbocycles. The van der Waals surface area contributed by atoms with Gasteiger partial charge < -0.3 is 5.32 Å². The summed E-state index contributed by atoms with van der Waals surface area (Å²) in [6.07, 6.45) is 5.01. The SMILES string of the molecule is CCCCC(CC)Cn1nnnc1CNCC(C)C. The number of rotatable bonds is 10. The van der Waals surface area contributed by atoms with Gasteiger partial charge in [0.25, 0.3) is 0 Å². The van der Waals surface area contributed by atoms with Crippen LogP contribution in [-0.2, 0) is 13.1 Å². The minimum atomic E-state index is 0.650. The second-order valence-corrected chi connectivity index (χ2v) is 5.72. The maximum Gasteiger partial charge on any atom is 0.165 e. The van der Waals surface area contributed by atoms with Crippen molar-refractivity contribution in [1.29, 1.82) is 0 Å². The molecule has 110 valence electrons. The predicted octanol–water partition coefficient (Wildman–Crippen LogP) is 2.64. The van der Waals surface area contributed by atoms with Gasteiger partial charge in [-0.1, -0.05) is 47.0 Å². The van der Waals surface area contributed by atoms with Crippen LogP contribution in [0.15, 0.2) is 0 Å². The van der Waals surface area contributed by atoms with Gasteiger partial charge in [0.2, 0.25) is 0 Å². The number of aromatic nitrogens is 4. The molecule has 1 rings (SSSR count). The average molecular weight is 267 g/mol. The number of nitrogens with zero attached hydrogens (tertiary/aromatic N) is 4. The van der Waals surface area contributed by atoms with Gasteiger partial charge in [0.05, 0.1) is 6.54 Å². The second kappa shape index (κ2) is 9.02. The van der Waals surface area contributed by atoms with Gasteiger partial charge in [-0.05, 0) is 35.2 Å². The minimum absolute atomic E-state index is 0.650. The first-order chi connectivity index (χ1) is 9.17. The Morgan fingerprint density at radius 3 is 2.68 bits per heavy atom. The van der Waals surface area contributed by atoms with E-state index in [1.807, 2.05) is 4.68 Å². The molecule has 0 saturated carbocycles. The normalized spacial score (nSPS) is 13.1. The third kappa shape index (κ3) is 6.14. The molecule has 0 bridgehead atoms. The summed E-state index contributed by atoms with van der Waals surface area (Å²) in [5, 5.41) is 15.5. The molecule has 0 spiro atoms. The lowest BCUT2D eigenvalue weighted by Crippen LogP contribution is -2.23. The molecule has 0 fully saturated rings. The van der Waals surface area contributed by atoms with E-state index >= 15 is 0 Å². The fourth-order valence-electron chi connectivity index (χ4n) is 2.13. The van der Waals surface area contributed by atoms with Crippen molar-refractivity contribution in [3.8, 4) is 0 Å². The van der Waals surface area contributed by atoms with Gasteiger partial charge in [0.15, 0.2) is 5.82 Å². The van der Waals surface area contributed by atoms with Crippen molar-refractivity contribution in [2.24, 2.45) is 11.8 Å². The summed E-state index contributed by atoms with van der Waals surface area (Å²) < 4.78 is 1.97. The number of tetrazole rings is 1. The van der Waals surface area contributed by atoms with Crippen LogP contribution in [0.2, 0.25) is 0 Å². The van der Waals surface area contributed by atoms with Crippen molar-refractivity contribution in [3.63, 3.8) is 0 Å².